The number of hydrogen-bond donors (Lipinski definition) is 2. The van der Waals surface area contributed by atoms with Crippen LogP contribution in [0.5, 0.6) is 5.75 Å². The molecule has 0 aliphatic rings. The van der Waals surface area contributed by atoms with Gasteiger partial charge < -0.3 is 15.4 Å². The van der Waals surface area contributed by atoms with Crippen LogP contribution >= 0.6 is 12.2 Å². The summed E-state index contributed by atoms with van der Waals surface area (Å²) in [6.45, 7) is 4.04. The molecule has 116 valence electrons. The first kappa shape index (κ1) is 16.2. The molecule has 5 heteroatoms. The number of hydrogen-bond acceptors (Lipinski definition) is 2. The number of thiocarbonyl (C=S) groups is 1. The van der Waals surface area contributed by atoms with E-state index >= 15 is 0 Å². The van der Waals surface area contributed by atoms with Crippen LogP contribution in [0.4, 0.5) is 10.1 Å². The van der Waals surface area contributed by atoms with Gasteiger partial charge in [-0.05, 0) is 56.4 Å². The van der Waals surface area contributed by atoms with E-state index in [2.05, 4.69) is 16.7 Å². The van der Waals surface area contributed by atoms with E-state index in [-0.39, 0.29) is 11.9 Å². The van der Waals surface area contributed by atoms with Gasteiger partial charge in [0.15, 0.2) is 5.11 Å². The molecule has 0 bridgehead atoms. The second-order valence-corrected chi connectivity index (χ2v) is 5.48. The van der Waals surface area contributed by atoms with Gasteiger partial charge in [0.1, 0.15) is 11.6 Å². The van der Waals surface area contributed by atoms with Gasteiger partial charge in [-0.3, -0.25) is 0 Å². The molecule has 0 amide bonds. The maximum Gasteiger partial charge on any atom is 0.171 e. The first-order valence-electron chi connectivity index (χ1n) is 6.97. The molecule has 0 unspecified atom stereocenters. The number of anilines is 1. The summed E-state index contributed by atoms with van der Waals surface area (Å²) < 4.78 is 18.3. The van der Waals surface area contributed by atoms with Crippen molar-refractivity contribution in [3.63, 3.8) is 0 Å². The fourth-order valence-electron chi connectivity index (χ4n) is 2.17. The Bertz CT molecular complexity index is 658. The van der Waals surface area contributed by atoms with Crippen molar-refractivity contribution in [3.8, 4) is 5.75 Å². The fourth-order valence-corrected chi connectivity index (χ4v) is 2.46. The van der Waals surface area contributed by atoms with Gasteiger partial charge in [-0.25, -0.2) is 4.39 Å². The van der Waals surface area contributed by atoms with E-state index in [1.807, 2.05) is 26.0 Å². The third-order valence-electron chi connectivity index (χ3n) is 3.30. The number of nitrogens with one attached hydrogen (secondary N) is 2. The van der Waals surface area contributed by atoms with Crippen LogP contribution in [-0.2, 0) is 0 Å². The van der Waals surface area contributed by atoms with Gasteiger partial charge in [0.2, 0.25) is 0 Å². The molecule has 0 saturated carbocycles. The second kappa shape index (κ2) is 7.22. The molecule has 0 fully saturated rings. The van der Waals surface area contributed by atoms with Crippen LogP contribution in [0.3, 0.4) is 0 Å². The largest absolute Gasteiger partial charge is 0.496 e. The number of aryl methyl sites for hydroxylation is 1. The summed E-state index contributed by atoms with van der Waals surface area (Å²) >= 11 is 5.30. The average molecular weight is 318 g/mol. The van der Waals surface area contributed by atoms with Gasteiger partial charge in [0.05, 0.1) is 13.2 Å². The summed E-state index contributed by atoms with van der Waals surface area (Å²) in [7, 11) is 1.65. The van der Waals surface area contributed by atoms with Crippen molar-refractivity contribution in [3.05, 3.63) is 59.4 Å². The van der Waals surface area contributed by atoms with Crippen LogP contribution in [0, 0.1) is 12.7 Å². The topological polar surface area (TPSA) is 33.3 Å². The minimum atomic E-state index is -0.276. The Morgan fingerprint density at radius 2 is 1.86 bits per heavy atom. The Kier molecular flexibility index (Phi) is 5.33. The highest BCUT2D eigenvalue weighted by Gasteiger charge is 2.12. The molecule has 0 aliphatic heterocycles. The molecule has 0 radical (unpaired) electrons. The number of rotatable bonds is 4. The van der Waals surface area contributed by atoms with Crippen molar-refractivity contribution >= 4 is 23.0 Å². The third-order valence-corrected chi connectivity index (χ3v) is 3.52. The van der Waals surface area contributed by atoms with Crippen LogP contribution in [0.1, 0.15) is 24.1 Å². The van der Waals surface area contributed by atoms with E-state index in [1.54, 1.807) is 19.2 Å². The van der Waals surface area contributed by atoms with Gasteiger partial charge in [-0.2, -0.15) is 0 Å². The fraction of sp³-hybridized carbons (Fsp3) is 0.235. The van der Waals surface area contributed by atoms with E-state index in [0.717, 1.165) is 22.6 Å². The van der Waals surface area contributed by atoms with Crippen molar-refractivity contribution in [2.75, 3.05) is 12.4 Å². The van der Waals surface area contributed by atoms with Gasteiger partial charge >= 0.3 is 0 Å². The molecule has 3 nitrogen and oxygen atoms in total. The summed E-state index contributed by atoms with van der Waals surface area (Å²) in [5.74, 6) is 0.539. The summed E-state index contributed by atoms with van der Waals surface area (Å²) in [6.07, 6.45) is 0. The molecule has 0 spiro atoms. The molecule has 0 heterocycles. The van der Waals surface area contributed by atoms with Crippen molar-refractivity contribution in [2.45, 2.75) is 19.9 Å². The maximum atomic E-state index is 12.9. The first-order chi connectivity index (χ1) is 10.5. The lowest BCUT2D eigenvalue weighted by Crippen LogP contribution is -2.31. The Morgan fingerprint density at radius 1 is 1.18 bits per heavy atom. The van der Waals surface area contributed by atoms with Crippen molar-refractivity contribution in [1.29, 1.82) is 0 Å². The molecule has 0 aliphatic carbocycles. The average Bonchev–Trinajstić information content (AvgIpc) is 2.49. The van der Waals surface area contributed by atoms with E-state index < -0.39 is 0 Å². The van der Waals surface area contributed by atoms with Gasteiger partial charge in [-0.15, -0.1) is 0 Å². The number of halogens is 1. The molecule has 0 aromatic heterocycles. The van der Waals surface area contributed by atoms with Gasteiger partial charge in [0, 0.05) is 11.3 Å². The molecule has 2 aromatic carbocycles. The van der Waals surface area contributed by atoms with E-state index in [9.17, 15) is 4.39 Å². The number of benzene rings is 2. The quantitative estimate of drug-likeness (QED) is 0.828. The Hall–Kier alpha value is -2.14. The third kappa shape index (κ3) is 4.18. The molecule has 2 aromatic rings. The lowest BCUT2D eigenvalue weighted by atomic mass is 10.0. The van der Waals surface area contributed by atoms with Crippen molar-refractivity contribution in [2.24, 2.45) is 0 Å². The maximum absolute atomic E-state index is 12.9. The van der Waals surface area contributed by atoms with Crippen LogP contribution in [0.2, 0.25) is 0 Å². The minimum Gasteiger partial charge on any atom is -0.496 e. The molecular formula is C17H19FN2OS. The van der Waals surface area contributed by atoms with Gasteiger partial charge in [0.25, 0.3) is 0 Å². The smallest absolute Gasteiger partial charge is 0.171 e. The summed E-state index contributed by atoms with van der Waals surface area (Å²) in [5.41, 5.74) is 2.93. The second-order valence-electron chi connectivity index (χ2n) is 5.07. The van der Waals surface area contributed by atoms with Crippen molar-refractivity contribution < 1.29 is 9.13 Å². The SMILES string of the molecule is COc1ccc(C)cc1[C@@H](C)NC(=S)Nc1ccc(F)cc1. The predicted molar refractivity (Wildman–Crippen MR) is 91.9 cm³/mol. The molecule has 0 saturated heterocycles. The van der Waals surface area contributed by atoms with Crippen LogP contribution in [-0.4, -0.2) is 12.2 Å². The zero-order valence-electron chi connectivity index (χ0n) is 12.8. The highest BCUT2D eigenvalue weighted by molar-refractivity contribution is 7.80. The lowest BCUT2D eigenvalue weighted by Gasteiger charge is -2.20. The number of ether oxygens (including phenoxy) is 1. The standard InChI is InChI=1S/C17H19FN2OS/c1-11-4-9-16(21-3)15(10-11)12(2)19-17(22)20-14-7-5-13(18)6-8-14/h4-10,12H,1-3H3,(H2,19,20,22)/t12-/m1/s1. The predicted octanol–water partition coefficient (Wildman–Crippen LogP) is 4.19. The van der Waals surface area contributed by atoms with Crippen LogP contribution < -0.4 is 15.4 Å². The molecular weight excluding hydrogens is 299 g/mol. The van der Waals surface area contributed by atoms with Crippen LogP contribution in [0.25, 0.3) is 0 Å². The highest BCUT2D eigenvalue weighted by Crippen LogP contribution is 2.26. The van der Waals surface area contributed by atoms with Gasteiger partial charge in [-0.1, -0.05) is 17.7 Å². The summed E-state index contributed by atoms with van der Waals surface area (Å²) in [5, 5.41) is 6.72. The van der Waals surface area contributed by atoms with E-state index in [1.165, 1.54) is 12.1 Å². The van der Waals surface area contributed by atoms with E-state index in [0.29, 0.717) is 5.11 Å². The monoisotopic (exact) mass is 318 g/mol. The Labute approximate surface area is 135 Å². The van der Waals surface area contributed by atoms with Crippen LogP contribution in [0.15, 0.2) is 42.5 Å². The molecule has 2 N–H and O–H groups in total. The van der Waals surface area contributed by atoms with E-state index in [4.69, 9.17) is 17.0 Å². The number of methoxy groups -OCH3 is 1. The van der Waals surface area contributed by atoms with Crippen molar-refractivity contribution in [1.82, 2.24) is 5.32 Å². The summed E-state index contributed by atoms with van der Waals surface area (Å²) in [6, 6.07) is 12.1. The molecule has 1 atom stereocenters. The molecule has 2 rings (SSSR count). The highest BCUT2D eigenvalue weighted by atomic mass is 32.1. The Morgan fingerprint density at radius 3 is 2.50 bits per heavy atom. The lowest BCUT2D eigenvalue weighted by molar-refractivity contribution is 0.405. The summed E-state index contributed by atoms with van der Waals surface area (Å²) in [4.78, 5) is 0. The zero-order valence-corrected chi connectivity index (χ0v) is 13.6. The Balaban J connectivity index is 2.05. The first-order valence-corrected chi connectivity index (χ1v) is 7.38. The normalized spacial score (nSPS) is 11.6. The molecule has 22 heavy (non-hydrogen) atoms. The minimum absolute atomic E-state index is 0.0182. The zero-order chi connectivity index (χ0) is 16.1.